The quantitative estimate of drug-likeness (QED) is 0.780. The summed E-state index contributed by atoms with van der Waals surface area (Å²) in [6.45, 7) is 3.67. The van der Waals surface area contributed by atoms with Gasteiger partial charge in [-0.25, -0.2) is 4.98 Å². The van der Waals surface area contributed by atoms with Gasteiger partial charge in [0, 0.05) is 55.7 Å². The smallest absolute Gasteiger partial charge is 0.254 e. The molecule has 170 valence electrons. The number of nitrogens with zero attached hydrogens (tertiary/aromatic N) is 3. The zero-order chi connectivity index (χ0) is 22.1. The molecule has 3 aliphatic rings. The summed E-state index contributed by atoms with van der Waals surface area (Å²) in [4.78, 5) is 37.9. The summed E-state index contributed by atoms with van der Waals surface area (Å²) in [6, 6.07) is 8.06. The van der Waals surface area contributed by atoms with Crippen molar-refractivity contribution in [1.82, 2.24) is 19.8 Å². The molecule has 0 unspecified atom stereocenters. The van der Waals surface area contributed by atoms with Gasteiger partial charge in [-0.15, -0.1) is 0 Å². The molecule has 0 bridgehead atoms. The van der Waals surface area contributed by atoms with Crippen molar-refractivity contribution in [2.75, 3.05) is 26.7 Å². The van der Waals surface area contributed by atoms with Gasteiger partial charge in [0.1, 0.15) is 11.6 Å². The average Bonchev–Trinajstić information content (AvgIpc) is 3.51. The number of hydrogen-bond acceptors (Lipinski definition) is 5. The summed E-state index contributed by atoms with van der Waals surface area (Å²) in [5.74, 6) is 2.24. The Morgan fingerprint density at radius 2 is 2.00 bits per heavy atom. The van der Waals surface area contributed by atoms with Crippen molar-refractivity contribution in [2.45, 2.75) is 57.5 Å². The van der Waals surface area contributed by atoms with Crippen LogP contribution >= 0.6 is 0 Å². The van der Waals surface area contributed by atoms with Gasteiger partial charge in [0.25, 0.3) is 5.56 Å². The Balaban J connectivity index is 1.30. The van der Waals surface area contributed by atoms with Crippen LogP contribution in [0, 0.1) is 5.92 Å². The van der Waals surface area contributed by atoms with Crippen molar-refractivity contribution in [1.29, 1.82) is 0 Å². The number of rotatable bonds is 5. The number of carbonyl (C=O) groups is 1. The molecule has 5 rings (SSSR count). The minimum absolute atomic E-state index is 0.0116. The van der Waals surface area contributed by atoms with Crippen molar-refractivity contribution in [3.63, 3.8) is 0 Å². The lowest BCUT2D eigenvalue weighted by Crippen LogP contribution is -2.36. The van der Waals surface area contributed by atoms with Crippen LogP contribution in [-0.2, 0) is 24.3 Å². The molecule has 2 fully saturated rings. The molecule has 2 aromatic rings. The average molecular weight is 437 g/mol. The van der Waals surface area contributed by atoms with Gasteiger partial charge in [-0.1, -0.05) is 31.0 Å². The monoisotopic (exact) mass is 436 g/mol. The highest BCUT2D eigenvalue weighted by molar-refractivity contribution is 5.79. The second-order valence-electron chi connectivity index (χ2n) is 9.40. The van der Waals surface area contributed by atoms with E-state index in [0.29, 0.717) is 25.4 Å². The third-order valence-electron chi connectivity index (χ3n) is 7.35. The van der Waals surface area contributed by atoms with Gasteiger partial charge in [-0.3, -0.25) is 14.5 Å². The third kappa shape index (κ3) is 4.18. The van der Waals surface area contributed by atoms with E-state index in [9.17, 15) is 9.59 Å². The highest BCUT2D eigenvalue weighted by Crippen LogP contribution is 2.31. The standard InChI is InChI=1S/C25H32N4O3/c1-32-22-9-5-4-8-18(22)14-28-12-11-20-21(16-28)26-23(27-24(20)30)19-10-13-29(15-19)25(31)17-6-2-3-7-17/h4-5,8-9,17,19H,2-3,6-7,10-16H2,1H3,(H,26,27,30)/t19-/m0/s1. The van der Waals surface area contributed by atoms with E-state index in [1.54, 1.807) is 7.11 Å². The Bertz CT molecular complexity index is 1040. The van der Waals surface area contributed by atoms with Crippen molar-refractivity contribution in [3.05, 3.63) is 57.3 Å². The van der Waals surface area contributed by atoms with Gasteiger partial charge in [0.15, 0.2) is 0 Å². The fourth-order valence-electron chi connectivity index (χ4n) is 5.53. The lowest BCUT2D eigenvalue weighted by molar-refractivity contribution is -0.134. The predicted octanol–water partition coefficient (Wildman–Crippen LogP) is 2.84. The van der Waals surface area contributed by atoms with Gasteiger partial charge >= 0.3 is 0 Å². The Morgan fingerprint density at radius 1 is 1.19 bits per heavy atom. The highest BCUT2D eigenvalue weighted by Gasteiger charge is 2.34. The van der Waals surface area contributed by atoms with E-state index >= 15 is 0 Å². The van der Waals surface area contributed by atoms with Crippen LogP contribution < -0.4 is 10.3 Å². The molecule has 1 saturated heterocycles. The molecule has 32 heavy (non-hydrogen) atoms. The number of ether oxygens (including phenoxy) is 1. The van der Waals surface area contributed by atoms with E-state index in [1.807, 2.05) is 23.1 Å². The fraction of sp³-hybridized carbons (Fsp3) is 0.560. The summed E-state index contributed by atoms with van der Waals surface area (Å²) >= 11 is 0. The number of para-hydroxylation sites is 1. The molecule has 1 N–H and O–H groups in total. The normalized spacial score (nSPS) is 21.7. The molecule has 7 heteroatoms. The summed E-state index contributed by atoms with van der Waals surface area (Å²) in [7, 11) is 1.69. The van der Waals surface area contributed by atoms with Gasteiger partial charge < -0.3 is 14.6 Å². The maximum absolute atomic E-state index is 12.8. The number of methoxy groups -OCH3 is 1. The zero-order valence-corrected chi connectivity index (χ0v) is 18.8. The number of fused-ring (bicyclic) bond motifs is 1. The second kappa shape index (κ2) is 9.06. The number of H-pyrrole nitrogens is 1. The highest BCUT2D eigenvalue weighted by atomic mass is 16.5. The molecule has 1 aliphatic carbocycles. The predicted molar refractivity (Wildman–Crippen MR) is 122 cm³/mol. The van der Waals surface area contributed by atoms with Crippen LogP contribution in [0.1, 0.15) is 60.7 Å². The SMILES string of the molecule is COc1ccccc1CN1CCc2c(nc([C@H]3CCN(C(=O)C4CCCC4)C3)[nH]c2=O)C1. The van der Waals surface area contributed by atoms with Crippen LogP contribution in [0.15, 0.2) is 29.1 Å². The number of aromatic amines is 1. The molecule has 1 saturated carbocycles. The number of benzene rings is 1. The fourth-order valence-corrected chi connectivity index (χ4v) is 5.53. The number of hydrogen-bond donors (Lipinski definition) is 1. The summed E-state index contributed by atoms with van der Waals surface area (Å²) in [5.41, 5.74) is 2.82. The Morgan fingerprint density at radius 3 is 2.81 bits per heavy atom. The number of aromatic nitrogens is 2. The van der Waals surface area contributed by atoms with Gasteiger partial charge in [-0.05, 0) is 31.7 Å². The van der Waals surface area contributed by atoms with E-state index in [-0.39, 0.29) is 17.4 Å². The molecular formula is C25H32N4O3. The summed E-state index contributed by atoms with van der Waals surface area (Å²) in [6.07, 6.45) is 5.94. The molecule has 1 atom stereocenters. The first-order valence-electron chi connectivity index (χ1n) is 11.9. The minimum atomic E-state index is -0.0116. The summed E-state index contributed by atoms with van der Waals surface area (Å²) < 4.78 is 5.50. The van der Waals surface area contributed by atoms with Crippen molar-refractivity contribution in [2.24, 2.45) is 5.92 Å². The molecule has 7 nitrogen and oxygen atoms in total. The van der Waals surface area contributed by atoms with E-state index in [1.165, 1.54) is 12.8 Å². The number of likely N-dealkylation sites (tertiary alicyclic amines) is 1. The lowest BCUT2D eigenvalue weighted by Gasteiger charge is -2.28. The van der Waals surface area contributed by atoms with E-state index < -0.39 is 0 Å². The lowest BCUT2D eigenvalue weighted by atomic mass is 10.0. The van der Waals surface area contributed by atoms with E-state index in [0.717, 1.165) is 67.3 Å². The minimum Gasteiger partial charge on any atom is -0.496 e. The molecule has 1 aromatic carbocycles. The number of nitrogens with one attached hydrogen (secondary N) is 1. The molecule has 1 aromatic heterocycles. The van der Waals surface area contributed by atoms with Gasteiger partial charge in [-0.2, -0.15) is 0 Å². The first-order valence-corrected chi connectivity index (χ1v) is 11.9. The van der Waals surface area contributed by atoms with Crippen molar-refractivity contribution < 1.29 is 9.53 Å². The largest absolute Gasteiger partial charge is 0.496 e. The molecule has 0 radical (unpaired) electrons. The van der Waals surface area contributed by atoms with Crippen molar-refractivity contribution in [3.8, 4) is 5.75 Å². The van der Waals surface area contributed by atoms with Crippen LogP contribution in [0.4, 0.5) is 0 Å². The second-order valence-corrected chi connectivity index (χ2v) is 9.40. The van der Waals surface area contributed by atoms with Gasteiger partial charge in [0.05, 0.1) is 12.8 Å². The molecular weight excluding hydrogens is 404 g/mol. The molecule has 1 amide bonds. The maximum atomic E-state index is 12.8. The molecule has 2 aliphatic heterocycles. The maximum Gasteiger partial charge on any atom is 0.254 e. The number of amides is 1. The van der Waals surface area contributed by atoms with Crippen LogP contribution in [0.5, 0.6) is 5.75 Å². The topological polar surface area (TPSA) is 78.5 Å². The van der Waals surface area contributed by atoms with Gasteiger partial charge in [0.2, 0.25) is 5.91 Å². The first-order chi connectivity index (χ1) is 15.6. The van der Waals surface area contributed by atoms with E-state index in [4.69, 9.17) is 9.72 Å². The van der Waals surface area contributed by atoms with Crippen LogP contribution in [0.2, 0.25) is 0 Å². The van der Waals surface area contributed by atoms with Crippen molar-refractivity contribution >= 4 is 5.91 Å². The van der Waals surface area contributed by atoms with Crippen LogP contribution in [0.3, 0.4) is 0 Å². The zero-order valence-electron chi connectivity index (χ0n) is 18.8. The van der Waals surface area contributed by atoms with Crippen LogP contribution in [0.25, 0.3) is 0 Å². The summed E-state index contributed by atoms with van der Waals surface area (Å²) in [5, 5.41) is 0. The molecule has 0 spiro atoms. The first kappa shape index (κ1) is 21.2. The number of carbonyl (C=O) groups excluding carboxylic acids is 1. The van der Waals surface area contributed by atoms with E-state index in [2.05, 4.69) is 16.0 Å². The third-order valence-corrected chi connectivity index (χ3v) is 7.35. The Hall–Kier alpha value is -2.67. The van der Waals surface area contributed by atoms with Crippen LogP contribution in [-0.4, -0.2) is 52.4 Å². The Labute approximate surface area is 188 Å². The Kier molecular flexibility index (Phi) is 6.00. The molecule has 3 heterocycles.